The summed E-state index contributed by atoms with van der Waals surface area (Å²) in [6.45, 7) is 23.2. The SMILES string of the molecule is CC(C)(C)Cc1cc(-c2[c-]cccc2)ncc1[Si](C)(C)C.CC(C)c1cc(-c2ccccc2)cc(C(C)C)c1-n1c(-c2[c-]ccc3c2oc2ccccc23)nc2ccc(-c3ccccc3)nc21.[Ir]. The maximum Gasteiger partial charge on any atom is 0.156 e. The first-order valence-corrected chi connectivity index (χ1v) is 27.1. The first kappa shape index (κ1) is 48.2. The first-order chi connectivity index (χ1) is 32.1. The van der Waals surface area contributed by atoms with Crippen LogP contribution in [0.4, 0.5) is 0 Å². The molecule has 5 nitrogen and oxygen atoms in total. The van der Waals surface area contributed by atoms with Gasteiger partial charge in [0.05, 0.1) is 30.7 Å². The average molecular weight is 1090 g/mol. The van der Waals surface area contributed by atoms with E-state index in [2.05, 4.69) is 200 Å². The molecule has 0 atom stereocenters. The normalized spacial score (nSPS) is 11.9. The molecule has 0 fully saturated rings. The summed E-state index contributed by atoms with van der Waals surface area (Å²) in [6.07, 6.45) is 3.21. The van der Waals surface area contributed by atoms with Gasteiger partial charge < -0.3 is 14.0 Å². The van der Waals surface area contributed by atoms with E-state index in [1.165, 1.54) is 33.0 Å². The van der Waals surface area contributed by atoms with E-state index in [9.17, 15) is 0 Å². The van der Waals surface area contributed by atoms with Gasteiger partial charge in [-0.3, -0.25) is 4.98 Å². The Balaban J connectivity index is 0.000000240. The molecule has 10 rings (SSSR count). The number of nitrogens with zero attached hydrogens (tertiary/aromatic N) is 4. The predicted octanol–water partition coefficient (Wildman–Crippen LogP) is 16.0. The molecule has 4 heterocycles. The van der Waals surface area contributed by atoms with Crippen LogP contribution in [0.3, 0.4) is 0 Å². The summed E-state index contributed by atoms with van der Waals surface area (Å²) in [6, 6.07) is 59.3. The van der Waals surface area contributed by atoms with Crippen LogP contribution < -0.4 is 5.19 Å². The van der Waals surface area contributed by atoms with Gasteiger partial charge in [-0.1, -0.05) is 170 Å². The summed E-state index contributed by atoms with van der Waals surface area (Å²) in [4.78, 5) is 15.3. The number of furan rings is 1. The molecule has 0 aliphatic heterocycles. The molecule has 4 aromatic heterocycles. The summed E-state index contributed by atoms with van der Waals surface area (Å²) < 4.78 is 8.82. The number of fused-ring (bicyclic) bond motifs is 4. The molecule has 0 aliphatic rings. The quantitative estimate of drug-likeness (QED) is 0.107. The fourth-order valence-corrected chi connectivity index (χ4v) is 10.7. The number of benzene rings is 6. The van der Waals surface area contributed by atoms with Crippen LogP contribution in [0, 0.1) is 17.5 Å². The van der Waals surface area contributed by atoms with Crippen molar-refractivity contribution in [2.24, 2.45) is 5.41 Å². The van der Waals surface area contributed by atoms with Gasteiger partial charge in [-0.2, -0.15) is 0 Å². The molecule has 10 aromatic rings. The molecule has 6 aromatic carbocycles. The van der Waals surface area contributed by atoms with Gasteiger partial charge in [0.1, 0.15) is 5.58 Å². The Morgan fingerprint density at radius 1 is 0.632 bits per heavy atom. The van der Waals surface area contributed by atoms with Crippen LogP contribution in [0.2, 0.25) is 19.6 Å². The van der Waals surface area contributed by atoms with Gasteiger partial charge >= 0.3 is 0 Å². The summed E-state index contributed by atoms with van der Waals surface area (Å²) in [5.74, 6) is 1.25. The number of para-hydroxylation sites is 1. The number of hydrogen-bond acceptors (Lipinski definition) is 4. The summed E-state index contributed by atoms with van der Waals surface area (Å²) in [7, 11) is -1.37. The Bertz CT molecular complexity index is 3310. The fraction of sp³-hybridized carbons (Fsp3) is 0.230. The molecule has 0 saturated heterocycles. The molecule has 0 N–H and O–H groups in total. The van der Waals surface area contributed by atoms with E-state index in [1.54, 1.807) is 0 Å². The smallest absolute Gasteiger partial charge is 0.156 e. The largest absolute Gasteiger partial charge is 0.501 e. The van der Waals surface area contributed by atoms with Crippen molar-refractivity contribution >= 4 is 46.4 Å². The molecular weight excluding hydrogens is 1030 g/mol. The van der Waals surface area contributed by atoms with E-state index >= 15 is 0 Å². The Hall–Kier alpha value is -6.24. The van der Waals surface area contributed by atoms with Crippen molar-refractivity contribution in [3.05, 3.63) is 187 Å². The van der Waals surface area contributed by atoms with E-state index in [4.69, 9.17) is 19.4 Å². The van der Waals surface area contributed by atoms with E-state index in [0.29, 0.717) is 0 Å². The topological polar surface area (TPSA) is 56.7 Å². The third-order valence-electron chi connectivity index (χ3n) is 12.4. The zero-order valence-corrected chi connectivity index (χ0v) is 44.3. The van der Waals surface area contributed by atoms with Crippen molar-refractivity contribution in [1.29, 1.82) is 0 Å². The molecule has 0 unspecified atom stereocenters. The Labute approximate surface area is 417 Å². The monoisotopic (exact) mass is 1090 g/mol. The molecule has 0 bridgehead atoms. The second kappa shape index (κ2) is 19.8. The molecule has 0 amide bonds. The second-order valence-electron chi connectivity index (χ2n) is 20.5. The van der Waals surface area contributed by atoms with Crippen LogP contribution in [0.5, 0.6) is 0 Å². The maximum atomic E-state index is 6.55. The standard InChI is InChI=1S/C42H34N3O.C19H26NSi.Ir/c1-26(2)34-24-30(28-14-7-5-8-15-28)25-35(27(3)4)39(34)45-41(33-20-13-19-32-31-18-11-12-21-38(31)46-40(32)33)44-37-23-22-36(43-42(37)45)29-16-9-6-10-17-29;1-19(2,3)13-16-12-17(15-10-8-7-9-11-15)20-14-18(16)21(4,5)6;/h5-19,21-27H,1-4H3;7-10,12,14H,13H2,1-6H3;/q2*-1;. The van der Waals surface area contributed by atoms with Gasteiger partial charge in [-0.15, -0.1) is 54.1 Å². The van der Waals surface area contributed by atoms with Crippen LogP contribution in [-0.4, -0.2) is 27.6 Å². The number of rotatable bonds is 9. The minimum Gasteiger partial charge on any atom is -0.501 e. The zero-order chi connectivity index (χ0) is 47.0. The van der Waals surface area contributed by atoms with Crippen LogP contribution >= 0.6 is 0 Å². The van der Waals surface area contributed by atoms with Gasteiger partial charge in [0.2, 0.25) is 0 Å². The van der Waals surface area contributed by atoms with Gasteiger partial charge in [0.15, 0.2) is 5.65 Å². The van der Waals surface area contributed by atoms with Gasteiger partial charge in [0, 0.05) is 42.9 Å². The number of pyridine rings is 2. The van der Waals surface area contributed by atoms with Crippen molar-refractivity contribution in [3.63, 3.8) is 0 Å². The molecule has 0 spiro atoms. The van der Waals surface area contributed by atoms with Crippen LogP contribution in [0.25, 0.3) is 83.8 Å². The molecular formula is C61H60IrN4OSi-2. The minimum atomic E-state index is -1.37. The van der Waals surface area contributed by atoms with Gasteiger partial charge in [-0.25, -0.2) is 4.98 Å². The predicted molar refractivity (Wildman–Crippen MR) is 284 cm³/mol. The van der Waals surface area contributed by atoms with Crippen LogP contribution in [-0.2, 0) is 26.5 Å². The minimum absolute atomic E-state index is 0. The fourth-order valence-electron chi connectivity index (χ4n) is 9.17. The molecule has 7 heteroatoms. The van der Waals surface area contributed by atoms with E-state index in [0.717, 1.165) is 79.1 Å². The summed E-state index contributed by atoms with van der Waals surface area (Å²) in [5.41, 5.74) is 16.0. The van der Waals surface area contributed by atoms with Crippen molar-refractivity contribution in [2.75, 3.05) is 0 Å². The van der Waals surface area contributed by atoms with Crippen LogP contribution in [0.15, 0.2) is 162 Å². The number of imidazole rings is 1. The first-order valence-electron chi connectivity index (χ1n) is 23.6. The summed E-state index contributed by atoms with van der Waals surface area (Å²) in [5, 5.41) is 3.61. The number of hydrogen-bond donors (Lipinski definition) is 0. The van der Waals surface area contributed by atoms with Crippen LogP contribution in [0.1, 0.15) is 77.0 Å². The molecule has 345 valence electrons. The van der Waals surface area contributed by atoms with E-state index in [1.807, 2.05) is 42.5 Å². The van der Waals surface area contributed by atoms with Crippen molar-refractivity contribution < 1.29 is 24.5 Å². The third kappa shape index (κ3) is 9.98. The maximum absolute atomic E-state index is 6.55. The zero-order valence-electron chi connectivity index (χ0n) is 40.9. The number of aromatic nitrogens is 4. The second-order valence-corrected chi connectivity index (χ2v) is 25.6. The molecule has 0 saturated carbocycles. The van der Waals surface area contributed by atoms with Crippen molar-refractivity contribution in [2.45, 2.75) is 86.4 Å². The average Bonchev–Trinajstić information content (AvgIpc) is 3.90. The van der Waals surface area contributed by atoms with Crippen molar-refractivity contribution in [3.8, 4) is 50.7 Å². The van der Waals surface area contributed by atoms with Gasteiger partial charge in [0.25, 0.3) is 0 Å². The Morgan fingerprint density at radius 3 is 1.91 bits per heavy atom. The van der Waals surface area contributed by atoms with E-state index < -0.39 is 8.07 Å². The Kier molecular flexibility index (Phi) is 14.0. The molecule has 68 heavy (non-hydrogen) atoms. The third-order valence-corrected chi connectivity index (χ3v) is 14.4. The van der Waals surface area contributed by atoms with E-state index in [-0.39, 0.29) is 37.4 Å². The Morgan fingerprint density at radius 2 is 1.28 bits per heavy atom. The summed E-state index contributed by atoms with van der Waals surface area (Å²) >= 11 is 0. The van der Waals surface area contributed by atoms with Gasteiger partial charge in [-0.05, 0) is 87.1 Å². The molecule has 1 radical (unpaired) electrons. The molecule has 0 aliphatic carbocycles. The van der Waals surface area contributed by atoms with Crippen molar-refractivity contribution in [1.82, 2.24) is 19.5 Å².